The Balaban J connectivity index is 2.09. The quantitative estimate of drug-likeness (QED) is 0.812. The highest BCUT2D eigenvalue weighted by molar-refractivity contribution is 6.31. The first-order chi connectivity index (χ1) is 9.66. The SMILES string of the molecule is CC(C)CNCC(Cc1ccoc1)c1ccccc1Cl. The van der Waals surface area contributed by atoms with Gasteiger partial charge in [-0.15, -0.1) is 0 Å². The summed E-state index contributed by atoms with van der Waals surface area (Å²) in [5.41, 5.74) is 2.41. The first-order valence-electron chi connectivity index (χ1n) is 7.13. The number of hydrogen-bond donors (Lipinski definition) is 1. The number of halogens is 1. The van der Waals surface area contributed by atoms with E-state index in [-0.39, 0.29) is 0 Å². The van der Waals surface area contributed by atoms with E-state index in [4.69, 9.17) is 16.0 Å². The van der Waals surface area contributed by atoms with Crippen molar-refractivity contribution in [2.75, 3.05) is 13.1 Å². The molecule has 108 valence electrons. The third kappa shape index (κ3) is 4.39. The van der Waals surface area contributed by atoms with Crippen molar-refractivity contribution in [2.45, 2.75) is 26.2 Å². The molecule has 0 saturated carbocycles. The van der Waals surface area contributed by atoms with Crippen molar-refractivity contribution in [1.29, 1.82) is 0 Å². The first-order valence-corrected chi connectivity index (χ1v) is 7.51. The minimum absolute atomic E-state index is 0.361. The lowest BCUT2D eigenvalue weighted by atomic mass is 9.92. The predicted octanol–water partition coefficient (Wildman–Crippen LogP) is 4.50. The predicted molar refractivity (Wildman–Crippen MR) is 84.3 cm³/mol. The molecule has 0 amide bonds. The lowest BCUT2D eigenvalue weighted by Crippen LogP contribution is -2.26. The largest absolute Gasteiger partial charge is 0.472 e. The molecular weight excluding hydrogens is 270 g/mol. The zero-order valence-corrected chi connectivity index (χ0v) is 12.9. The third-order valence-electron chi connectivity index (χ3n) is 3.35. The number of benzene rings is 1. The van der Waals surface area contributed by atoms with Gasteiger partial charge in [-0.05, 0) is 42.1 Å². The molecule has 0 radical (unpaired) electrons. The van der Waals surface area contributed by atoms with Gasteiger partial charge in [-0.2, -0.15) is 0 Å². The van der Waals surface area contributed by atoms with E-state index < -0.39 is 0 Å². The molecule has 20 heavy (non-hydrogen) atoms. The standard InChI is InChI=1S/C17H22ClNO/c1-13(2)10-19-11-15(9-14-7-8-20-12-14)16-5-3-4-6-17(16)18/h3-8,12-13,15,19H,9-11H2,1-2H3. The van der Waals surface area contributed by atoms with Gasteiger partial charge in [0.05, 0.1) is 12.5 Å². The second-order valence-corrected chi connectivity index (χ2v) is 6.01. The Morgan fingerprint density at radius 3 is 2.60 bits per heavy atom. The Bertz CT molecular complexity index is 507. The molecule has 0 aliphatic carbocycles. The summed E-state index contributed by atoms with van der Waals surface area (Å²) in [5, 5.41) is 4.37. The smallest absolute Gasteiger partial charge is 0.0934 e. The van der Waals surface area contributed by atoms with Crippen LogP contribution in [0.1, 0.15) is 30.9 Å². The molecule has 0 saturated heterocycles. The second-order valence-electron chi connectivity index (χ2n) is 5.61. The van der Waals surface area contributed by atoms with E-state index >= 15 is 0 Å². The molecule has 0 aliphatic heterocycles. The fourth-order valence-corrected chi connectivity index (χ4v) is 2.63. The molecule has 1 atom stereocenters. The summed E-state index contributed by atoms with van der Waals surface area (Å²) in [6.45, 7) is 6.38. The van der Waals surface area contributed by atoms with Crippen molar-refractivity contribution >= 4 is 11.6 Å². The summed E-state index contributed by atoms with van der Waals surface area (Å²) in [6.07, 6.45) is 4.47. The normalized spacial score (nSPS) is 12.8. The van der Waals surface area contributed by atoms with Crippen molar-refractivity contribution in [3.05, 3.63) is 59.0 Å². The molecule has 0 fully saturated rings. The average molecular weight is 292 g/mol. The van der Waals surface area contributed by atoms with E-state index in [0.29, 0.717) is 11.8 Å². The number of nitrogens with one attached hydrogen (secondary N) is 1. The molecular formula is C17H22ClNO. The van der Waals surface area contributed by atoms with Crippen LogP contribution in [0.5, 0.6) is 0 Å². The highest BCUT2D eigenvalue weighted by Gasteiger charge is 2.15. The first kappa shape index (κ1) is 15.1. The van der Waals surface area contributed by atoms with Crippen LogP contribution in [0.2, 0.25) is 5.02 Å². The maximum Gasteiger partial charge on any atom is 0.0934 e. The van der Waals surface area contributed by atoms with Crippen molar-refractivity contribution in [1.82, 2.24) is 5.32 Å². The van der Waals surface area contributed by atoms with Crippen LogP contribution in [0.25, 0.3) is 0 Å². The summed E-state index contributed by atoms with van der Waals surface area (Å²) < 4.78 is 5.17. The van der Waals surface area contributed by atoms with Gasteiger partial charge in [0.1, 0.15) is 0 Å². The molecule has 0 spiro atoms. The lowest BCUT2D eigenvalue weighted by Gasteiger charge is -2.19. The summed E-state index contributed by atoms with van der Waals surface area (Å²) in [7, 11) is 0. The van der Waals surface area contributed by atoms with Crippen molar-refractivity contribution in [2.24, 2.45) is 5.92 Å². The molecule has 1 unspecified atom stereocenters. The summed E-state index contributed by atoms with van der Waals surface area (Å²) in [4.78, 5) is 0. The van der Waals surface area contributed by atoms with Crippen molar-refractivity contribution < 1.29 is 4.42 Å². The molecule has 0 aliphatic rings. The Morgan fingerprint density at radius 1 is 1.15 bits per heavy atom. The van der Waals surface area contributed by atoms with Gasteiger partial charge in [0, 0.05) is 17.5 Å². The zero-order chi connectivity index (χ0) is 14.4. The van der Waals surface area contributed by atoms with E-state index in [2.05, 4.69) is 25.2 Å². The summed E-state index contributed by atoms with van der Waals surface area (Å²) in [5.74, 6) is 1.01. The topological polar surface area (TPSA) is 25.2 Å². The number of furan rings is 1. The van der Waals surface area contributed by atoms with Gasteiger partial charge in [0.25, 0.3) is 0 Å². The highest BCUT2D eigenvalue weighted by Crippen LogP contribution is 2.27. The van der Waals surface area contributed by atoms with E-state index in [1.165, 1.54) is 11.1 Å². The number of rotatable bonds is 7. The van der Waals surface area contributed by atoms with Crippen LogP contribution >= 0.6 is 11.6 Å². The van der Waals surface area contributed by atoms with Crippen LogP contribution in [0.4, 0.5) is 0 Å². The third-order valence-corrected chi connectivity index (χ3v) is 3.69. The molecule has 2 nitrogen and oxygen atoms in total. The summed E-state index contributed by atoms with van der Waals surface area (Å²) >= 11 is 6.35. The van der Waals surface area contributed by atoms with Crippen LogP contribution in [0, 0.1) is 5.92 Å². The fourth-order valence-electron chi connectivity index (χ4n) is 2.34. The lowest BCUT2D eigenvalue weighted by molar-refractivity contribution is 0.511. The molecule has 2 rings (SSSR count). The van der Waals surface area contributed by atoms with Crippen LogP contribution in [0.15, 0.2) is 47.3 Å². The Morgan fingerprint density at radius 2 is 1.95 bits per heavy atom. The maximum atomic E-state index is 6.35. The molecule has 0 bridgehead atoms. The minimum atomic E-state index is 0.361. The van der Waals surface area contributed by atoms with E-state index in [1.54, 1.807) is 6.26 Å². The second kappa shape index (κ2) is 7.51. The van der Waals surface area contributed by atoms with Gasteiger partial charge in [0.15, 0.2) is 0 Å². The Labute approximate surface area is 126 Å². The monoisotopic (exact) mass is 291 g/mol. The van der Waals surface area contributed by atoms with Crippen LogP contribution in [-0.4, -0.2) is 13.1 Å². The molecule has 3 heteroatoms. The van der Waals surface area contributed by atoms with Gasteiger partial charge in [0.2, 0.25) is 0 Å². The van der Waals surface area contributed by atoms with Crippen molar-refractivity contribution in [3.8, 4) is 0 Å². The van der Waals surface area contributed by atoms with Gasteiger partial charge >= 0.3 is 0 Å². The van der Waals surface area contributed by atoms with Gasteiger partial charge in [-0.25, -0.2) is 0 Å². The van der Waals surface area contributed by atoms with E-state index in [9.17, 15) is 0 Å². The highest BCUT2D eigenvalue weighted by atomic mass is 35.5. The molecule has 1 aromatic carbocycles. The van der Waals surface area contributed by atoms with E-state index in [1.807, 2.05) is 30.5 Å². The van der Waals surface area contributed by atoms with E-state index in [0.717, 1.165) is 24.5 Å². The van der Waals surface area contributed by atoms with Gasteiger partial charge < -0.3 is 9.73 Å². The van der Waals surface area contributed by atoms with Crippen LogP contribution < -0.4 is 5.32 Å². The molecule has 1 heterocycles. The summed E-state index contributed by atoms with van der Waals surface area (Å²) in [6, 6.07) is 10.1. The zero-order valence-electron chi connectivity index (χ0n) is 12.1. The van der Waals surface area contributed by atoms with Gasteiger partial charge in [-0.3, -0.25) is 0 Å². The van der Waals surface area contributed by atoms with Crippen LogP contribution in [0.3, 0.4) is 0 Å². The molecule has 1 aromatic heterocycles. The fraction of sp³-hybridized carbons (Fsp3) is 0.412. The average Bonchev–Trinajstić information content (AvgIpc) is 2.91. The number of hydrogen-bond acceptors (Lipinski definition) is 2. The van der Waals surface area contributed by atoms with Crippen molar-refractivity contribution in [3.63, 3.8) is 0 Å². The van der Waals surface area contributed by atoms with Crippen LogP contribution in [-0.2, 0) is 6.42 Å². The molecule has 2 aromatic rings. The Hall–Kier alpha value is -1.25. The van der Waals surface area contributed by atoms with Gasteiger partial charge in [-0.1, -0.05) is 43.6 Å². The maximum absolute atomic E-state index is 6.35. The molecule has 1 N–H and O–H groups in total. The Kier molecular flexibility index (Phi) is 5.69. The minimum Gasteiger partial charge on any atom is -0.472 e.